The molecule has 1 aliphatic rings. The molecule has 2 N–H and O–H groups in total. The predicted molar refractivity (Wildman–Crippen MR) is 103 cm³/mol. The smallest absolute Gasteiger partial charge is 0.339 e. The van der Waals surface area contributed by atoms with Crippen LogP contribution in [-0.4, -0.2) is 25.3 Å². The van der Waals surface area contributed by atoms with Crippen molar-refractivity contribution < 1.29 is 9.18 Å². The lowest BCUT2D eigenvalue weighted by Gasteiger charge is -2.29. The molecule has 0 radical (unpaired) electrons. The molecule has 1 heterocycles. The highest BCUT2D eigenvalue weighted by Crippen LogP contribution is 2.23. The fourth-order valence-electron chi connectivity index (χ4n) is 3.02. The van der Waals surface area contributed by atoms with Crippen molar-refractivity contribution in [2.75, 3.05) is 23.3 Å². The maximum Gasteiger partial charge on any atom is 0.339 e. The maximum atomic E-state index is 14.3. The van der Waals surface area contributed by atoms with E-state index in [0.717, 1.165) is 37.2 Å². The minimum Gasteiger partial charge on any atom is -0.369 e. The van der Waals surface area contributed by atoms with Gasteiger partial charge in [-0.25, -0.2) is 14.6 Å². The lowest BCUT2D eigenvalue weighted by molar-refractivity contribution is 0.252. The quantitative estimate of drug-likeness (QED) is 0.636. The molecule has 0 atom stereocenters. The number of rotatable bonds is 4. The van der Waals surface area contributed by atoms with E-state index < -0.39 is 6.03 Å². The second kappa shape index (κ2) is 8.47. The summed E-state index contributed by atoms with van der Waals surface area (Å²) in [6.45, 7) is 3.70. The fourth-order valence-corrected chi connectivity index (χ4v) is 3.02. The van der Waals surface area contributed by atoms with Crippen molar-refractivity contribution in [3.8, 4) is 0 Å². The van der Waals surface area contributed by atoms with Gasteiger partial charge in [-0.2, -0.15) is 5.10 Å². The van der Waals surface area contributed by atoms with Crippen LogP contribution in [0.2, 0.25) is 0 Å². The molecule has 26 heavy (non-hydrogen) atoms. The molecule has 0 bridgehead atoms. The fraction of sp³-hybridized carbons (Fsp3) is 0.300. The summed E-state index contributed by atoms with van der Waals surface area (Å²) < 4.78 is 14.3. The molecule has 2 amide bonds. The van der Waals surface area contributed by atoms with Crippen molar-refractivity contribution in [1.29, 1.82) is 0 Å². The number of para-hydroxylation sites is 1. The van der Waals surface area contributed by atoms with E-state index in [1.54, 1.807) is 12.1 Å². The van der Waals surface area contributed by atoms with E-state index in [1.165, 1.54) is 18.7 Å². The van der Waals surface area contributed by atoms with Gasteiger partial charge in [-0.3, -0.25) is 0 Å². The van der Waals surface area contributed by atoms with Crippen LogP contribution in [-0.2, 0) is 0 Å². The number of urea groups is 1. The number of piperidine rings is 1. The Balaban J connectivity index is 1.57. The number of carbonyl (C=O) groups is 1. The van der Waals surface area contributed by atoms with Crippen LogP contribution in [0.5, 0.6) is 0 Å². The molecule has 0 aromatic heterocycles. The van der Waals surface area contributed by atoms with Gasteiger partial charge in [0.05, 0.1) is 11.9 Å². The first-order valence-electron chi connectivity index (χ1n) is 8.84. The average Bonchev–Trinajstić information content (AvgIpc) is 2.64. The summed E-state index contributed by atoms with van der Waals surface area (Å²) in [5, 5.41) is 6.60. The van der Waals surface area contributed by atoms with E-state index in [2.05, 4.69) is 20.7 Å². The van der Waals surface area contributed by atoms with E-state index in [-0.39, 0.29) is 5.82 Å². The molecule has 136 valence electrons. The Morgan fingerprint density at radius 2 is 1.92 bits per heavy atom. The van der Waals surface area contributed by atoms with Crippen LogP contribution in [0.3, 0.4) is 0 Å². The number of aryl methyl sites for hydroxylation is 1. The zero-order valence-electron chi connectivity index (χ0n) is 14.8. The molecule has 0 unspecified atom stereocenters. The molecule has 0 saturated carbocycles. The minimum absolute atomic E-state index is 0.264. The zero-order valence-corrected chi connectivity index (χ0v) is 14.8. The van der Waals surface area contributed by atoms with Gasteiger partial charge < -0.3 is 10.2 Å². The van der Waals surface area contributed by atoms with Crippen molar-refractivity contribution in [3.05, 3.63) is 59.4 Å². The number of hydrogen-bond acceptors (Lipinski definition) is 3. The number of hydrazone groups is 1. The van der Waals surface area contributed by atoms with E-state index >= 15 is 0 Å². The van der Waals surface area contributed by atoms with Crippen LogP contribution in [0.4, 0.5) is 20.6 Å². The van der Waals surface area contributed by atoms with Crippen molar-refractivity contribution in [1.82, 2.24) is 5.43 Å². The van der Waals surface area contributed by atoms with Gasteiger partial charge in [0.1, 0.15) is 5.82 Å². The second-order valence-corrected chi connectivity index (χ2v) is 6.40. The lowest BCUT2D eigenvalue weighted by atomic mass is 10.1. The summed E-state index contributed by atoms with van der Waals surface area (Å²) in [5.74, 6) is -0.264. The highest BCUT2D eigenvalue weighted by atomic mass is 19.1. The highest BCUT2D eigenvalue weighted by molar-refractivity contribution is 5.91. The van der Waals surface area contributed by atoms with E-state index in [9.17, 15) is 9.18 Å². The SMILES string of the molecule is Cc1ccccc1NC(=O)NN=Cc1ccc(N2CCCCC2)c(F)c1. The van der Waals surface area contributed by atoms with Gasteiger partial charge in [-0.05, 0) is 55.5 Å². The summed E-state index contributed by atoms with van der Waals surface area (Å²) in [4.78, 5) is 13.9. The molecule has 5 nitrogen and oxygen atoms in total. The standard InChI is InChI=1S/C20H23FN4O/c1-15-7-3-4-8-18(15)23-20(26)24-22-14-16-9-10-19(17(21)13-16)25-11-5-2-6-12-25/h3-4,7-10,13-14H,2,5-6,11-12H2,1H3,(H2,23,24,26). The molecule has 6 heteroatoms. The van der Waals surface area contributed by atoms with Gasteiger partial charge >= 0.3 is 6.03 Å². The normalized spacial score (nSPS) is 14.5. The monoisotopic (exact) mass is 354 g/mol. The highest BCUT2D eigenvalue weighted by Gasteiger charge is 2.14. The van der Waals surface area contributed by atoms with Crippen LogP contribution in [0.15, 0.2) is 47.6 Å². The Morgan fingerprint density at radius 3 is 2.65 bits per heavy atom. The van der Waals surface area contributed by atoms with E-state index in [1.807, 2.05) is 31.2 Å². The lowest BCUT2D eigenvalue weighted by Crippen LogP contribution is -2.30. The molecule has 3 rings (SSSR count). The summed E-state index contributed by atoms with van der Waals surface area (Å²) in [6, 6.07) is 12.0. The third-order valence-electron chi connectivity index (χ3n) is 4.44. The number of nitrogens with one attached hydrogen (secondary N) is 2. The first-order valence-corrected chi connectivity index (χ1v) is 8.84. The molecule has 1 fully saturated rings. The number of nitrogens with zero attached hydrogens (tertiary/aromatic N) is 2. The molecule has 0 aliphatic carbocycles. The Bertz CT molecular complexity index is 800. The average molecular weight is 354 g/mol. The first-order chi connectivity index (χ1) is 12.6. The summed E-state index contributed by atoms with van der Waals surface area (Å²) in [5.41, 5.74) is 5.30. The number of halogens is 1. The topological polar surface area (TPSA) is 56.7 Å². The Morgan fingerprint density at radius 1 is 1.15 bits per heavy atom. The Labute approximate surface area is 152 Å². The second-order valence-electron chi connectivity index (χ2n) is 6.40. The van der Waals surface area contributed by atoms with Gasteiger partial charge in [0.2, 0.25) is 0 Å². The first kappa shape index (κ1) is 17.9. The molecular weight excluding hydrogens is 331 g/mol. The number of hydrogen-bond donors (Lipinski definition) is 2. The van der Waals surface area contributed by atoms with Crippen molar-refractivity contribution >= 4 is 23.6 Å². The molecule has 0 spiro atoms. The number of carbonyl (C=O) groups excluding carboxylic acids is 1. The molecule has 2 aromatic carbocycles. The van der Waals surface area contributed by atoms with Crippen LogP contribution in [0.25, 0.3) is 0 Å². The van der Waals surface area contributed by atoms with Crippen molar-refractivity contribution in [2.45, 2.75) is 26.2 Å². The molecule has 1 aliphatic heterocycles. The van der Waals surface area contributed by atoms with Gasteiger partial charge in [0.15, 0.2) is 0 Å². The summed E-state index contributed by atoms with van der Waals surface area (Å²) in [7, 11) is 0. The van der Waals surface area contributed by atoms with Crippen LogP contribution >= 0.6 is 0 Å². The molecule has 2 aromatic rings. The van der Waals surface area contributed by atoms with Gasteiger partial charge in [0, 0.05) is 18.8 Å². The third-order valence-corrected chi connectivity index (χ3v) is 4.44. The van der Waals surface area contributed by atoms with Gasteiger partial charge in [-0.1, -0.05) is 24.3 Å². The molecule has 1 saturated heterocycles. The number of amides is 2. The van der Waals surface area contributed by atoms with Crippen LogP contribution in [0, 0.1) is 12.7 Å². The Hall–Kier alpha value is -2.89. The summed E-state index contributed by atoms with van der Waals surface area (Å²) >= 11 is 0. The zero-order chi connectivity index (χ0) is 18.4. The minimum atomic E-state index is -0.444. The maximum absolute atomic E-state index is 14.3. The Kier molecular flexibility index (Phi) is 5.84. The summed E-state index contributed by atoms with van der Waals surface area (Å²) in [6.07, 6.45) is 4.84. The van der Waals surface area contributed by atoms with Gasteiger partial charge in [0.25, 0.3) is 0 Å². The van der Waals surface area contributed by atoms with Crippen molar-refractivity contribution in [3.63, 3.8) is 0 Å². The van der Waals surface area contributed by atoms with Crippen LogP contribution < -0.4 is 15.6 Å². The largest absolute Gasteiger partial charge is 0.369 e. The number of benzene rings is 2. The third kappa shape index (κ3) is 4.59. The van der Waals surface area contributed by atoms with E-state index in [4.69, 9.17) is 0 Å². The van der Waals surface area contributed by atoms with E-state index in [0.29, 0.717) is 11.3 Å². The predicted octanol–water partition coefficient (Wildman–Crippen LogP) is 4.28. The number of anilines is 2. The van der Waals surface area contributed by atoms with Crippen molar-refractivity contribution in [2.24, 2.45) is 5.10 Å². The van der Waals surface area contributed by atoms with Gasteiger partial charge in [-0.15, -0.1) is 0 Å². The van der Waals surface area contributed by atoms with Crippen LogP contribution in [0.1, 0.15) is 30.4 Å². The molecular formula is C20H23FN4O.